The Balaban J connectivity index is 1.48. The average Bonchev–Trinajstić information content (AvgIpc) is 3.12. The minimum Gasteiger partial charge on any atom is -0.462 e. The molecule has 6 atom stereocenters. The van der Waals surface area contributed by atoms with Crippen LogP contribution in [0.15, 0.2) is 47.4 Å². The summed E-state index contributed by atoms with van der Waals surface area (Å²) in [6, 6.07) is 9.62. The van der Waals surface area contributed by atoms with Gasteiger partial charge < -0.3 is 24.2 Å². The van der Waals surface area contributed by atoms with Crippen molar-refractivity contribution in [1.82, 2.24) is 9.55 Å². The quantitative estimate of drug-likeness (QED) is 0.215. The number of aromatic amines is 1. The van der Waals surface area contributed by atoms with Gasteiger partial charge in [0, 0.05) is 12.3 Å². The van der Waals surface area contributed by atoms with E-state index in [1.807, 2.05) is 0 Å². The molecule has 0 radical (unpaired) electrons. The standard InChI is InChI=1S/C26H35N2O9PS/c1-17(23(31)35-18-9-5-3-6-10-18)16-38(33,37-19-11-7-4-8-12-19)34-15-20-22(30)26(2,32)24(36-20)28-14-13-21(29)27-25(28)39/h4,7-8,11-14,17-18,20,22,24,30,32H,3,5-6,9-10,15-16H2,1-2H3,(H,27,29,39)/t17-,20-,22+,24-,26?,38-/m1/s1. The molecule has 1 aromatic carbocycles. The zero-order valence-corrected chi connectivity index (χ0v) is 23.6. The Kier molecular flexibility index (Phi) is 9.46. The van der Waals surface area contributed by atoms with Gasteiger partial charge in [0.2, 0.25) is 0 Å². The van der Waals surface area contributed by atoms with Crippen LogP contribution in [-0.4, -0.2) is 62.4 Å². The lowest BCUT2D eigenvalue weighted by Crippen LogP contribution is -2.44. The molecular weight excluding hydrogens is 547 g/mol. The van der Waals surface area contributed by atoms with Crippen molar-refractivity contribution in [2.45, 2.75) is 76.1 Å². The van der Waals surface area contributed by atoms with E-state index in [-0.39, 0.29) is 22.8 Å². The number of ether oxygens (including phenoxy) is 2. The van der Waals surface area contributed by atoms with Crippen molar-refractivity contribution in [1.29, 1.82) is 0 Å². The highest BCUT2D eigenvalue weighted by molar-refractivity contribution is 7.71. The van der Waals surface area contributed by atoms with Crippen molar-refractivity contribution in [3.63, 3.8) is 0 Å². The average molecular weight is 583 g/mol. The van der Waals surface area contributed by atoms with Crippen LogP contribution < -0.4 is 10.1 Å². The molecule has 1 aliphatic heterocycles. The van der Waals surface area contributed by atoms with Crippen molar-refractivity contribution in [2.24, 2.45) is 5.92 Å². The number of carbonyl (C=O) groups excluding carboxylic acids is 1. The van der Waals surface area contributed by atoms with Crippen LogP contribution in [0.1, 0.15) is 52.2 Å². The molecule has 2 aromatic rings. The number of hydrogen-bond donors (Lipinski definition) is 3. The predicted molar refractivity (Wildman–Crippen MR) is 144 cm³/mol. The lowest BCUT2D eigenvalue weighted by molar-refractivity contribution is -0.154. The predicted octanol–water partition coefficient (Wildman–Crippen LogP) is 3.72. The summed E-state index contributed by atoms with van der Waals surface area (Å²) in [7, 11) is -3.98. The lowest BCUT2D eigenvalue weighted by atomic mass is 9.96. The minimum absolute atomic E-state index is 0.00933. The normalized spacial score (nSPS) is 27.9. The Labute approximate surface area is 231 Å². The highest BCUT2D eigenvalue weighted by Crippen LogP contribution is 2.51. The highest BCUT2D eigenvalue weighted by atomic mass is 32.1. The van der Waals surface area contributed by atoms with Gasteiger partial charge in [-0.1, -0.05) is 31.5 Å². The molecule has 0 bridgehead atoms. The number of para-hydroxylation sites is 1. The Morgan fingerprint density at radius 1 is 1.26 bits per heavy atom. The third-order valence-electron chi connectivity index (χ3n) is 7.02. The number of aliphatic hydroxyl groups is 2. The second-order valence-corrected chi connectivity index (χ2v) is 12.7. The van der Waals surface area contributed by atoms with E-state index in [2.05, 4.69) is 4.98 Å². The van der Waals surface area contributed by atoms with E-state index in [9.17, 15) is 24.4 Å². The number of rotatable bonds is 10. The number of nitrogens with zero attached hydrogens (tertiary/aromatic N) is 1. The molecule has 4 rings (SSSR count). The first kappa shape index (κ1) is 29.6. The van der Waals surface area contributed by atoms with Crippen LogP contribution in [0.2, 0.25) is 0 Å². The van der Waals surface area contributed by atoms with Crippen LogP contribution in [0.4, 0.5) is 0 Å². The molecule has 2 fully saturated rings. The number of benzene rings is 1. The molecule has 1 aliphatic carbocycles. The monoisotopic (exact) mass is 582 g/mol. The van der Waals surface area contributed by atoms with Gasteiger partial charge in [0.15, 0.2) is 11.0 Å². The molecule has 2 aliphatic rings. The maximum atomic E-state index is 13.9. The number of esters is 1. The van der Waals surface area contributed by atoms with E-state index in [4.69, 9.17) is 30.7 Å². The molecule has 1 saturated carbocycles. The largest absolute Gasteiger partial charge is 0.462 e. The fourth-order valence-corrected chi connectivity index (χ4v) is 6.94. The van der Waals surface area contributed by atoms with E-state index in [1.54, 1.807) is 37.3 Å². The molecule has 1 aromatic heterocycles. The van der Waals surface area contributed by atoms with Gasteiger partial charge in [-0.05, 0) is 57.0 Å². The molecular formula is C26H35N2O9PS. The number of carbonyl (C=O) groups is 1. The molecule has 39 heavy (non-hydrogen) atoms. The summed E-state index contributed by atoms with van der Waals surface area (Å²) >= 11 is 5.18. The zero-order chi connectivity index (χ0) is 28.2. The van der Waals surface area contributed by atoms with Crippen LogP contribution in [0.5, 0.6) is 5.75 Å². The Morgan fingerprint density at radius 2 is 1.95 bits per heavy atom. The van der Waals surface area contributed by atoms with Crippen molar-refractivity contribution in [3.05, 3.63) is 57.7 Å². The van der Waals surface area contributed by atoms with Crippen LogP contribution in [0, 0.1) is 10.7 Å². The van der Waals surface area contributed by atoms with Gasteiger partial charge in [0.1, 0.15) is 29.7 Å². The smallest absolute Gasteiger partial charge is 0.380 e. The molecule has 13 heteroatoms. The first-order valence-electron chi connectivity index (χ1n) is 13.0. The van der Waals surface area contributed by atoms with Crippen LogP contribution in [0.25, 0.3) is 0 Å². The van der Waals surface area contributed by atoms with Crippen molar-refractivity contribution < 1.29 is 38.1 Å². The van der Waals surface area contributed by atoms with Gasteiger partial charge in [0.25, 0.3) is 5.56 Å². The fourth-order valence-electron chi connectivity index (χ4n) is 4.81. The minimum atomic E-state index is -3.98. The molecule has 0 spiro atoms. The van der Waals surface area contributed by atoms with Gasteiger partial charge in [0.05, 0.1) is 18.7 Å². The summed E-state index contributed by atoms with van der Waals surface area (Å²) < 4.78 is 38.3. The molecule has 3 N–H and O–H groups in total. The Hall–Kier alpha value is -2.34. The van der Waals surface area contributed by atoms with Gasteiger partial charge in [-0.25, -0.2) is 4.57 Å². The molecule has 1 saturated heterocycles. The zero-order valence-electron chi connectivity index (χ0n) is 21.9. The molecule has 1 unspecified atom stereocenters. The van der Waals surface area contributed by atoms with Crippen molar-refractivity contribution in [3.8, 4) is 5.75 Å². The van der Waals surface area contributed by atoms with Crippen molar-refractivity contribution >= 4 is 25.8 Å². The number of aliphatic hydroxyl groups excluding tert-OH is 1. The third-order valence-corrected chi connectivity index (χ3v) is 9.36. The molecule has 0 amide bonds. The SMILES string of the molecule is C[C@H](C[P@@](=O)(OC[C@H]1O[C@@H](n2ccc(=O)[nH]c2=S)C(C)(O)[C@H]1O)Oc1ccccc1)C(=O)OC1CCCCC1. The summed E-state index contributed by atoms with van der Waals surface area (Å²) in [6.07, 6.45) is 1.93. The van der Waals surface area contributed by atoms with E-state index in [1.165, 1.54) is 23.8 Å². The van der Waals surface area contributed by atoms with Gasteiger partial charge in [-0.15, -0.1) is 0 Å². The molecule has 214 valence electrons. The van der Waals surface area contributed by atoms with E-state index in [0.717, 1.165) is 32.1 Å². The van der Waals surface area contributed by atoms with Gasteiger partial charge >= 0.3 is 13.6 Å². The van der Waals surface area contributed by atoms with E-state index >= 15 is 0 Å². The number of nitrogens with one attached hydrogen (secondary N) is 1. The first-order valence-corrected chi connectivity index (χ1v) is 15.2. The maximum absolute atomic E-state index is 13.9. The second-order valence-electron chi connectivity index (χ2n) is 10.3. The summed E-state index contributed by atoms with van der Waals surface area (Å²) in [5.41, 5.74) is -2.25. The molecule has 11 nitrogen and oxygen atoms in total. The Bertz CT molecular complexity index is 1290. The number of hydrogen-bond acceptors (Lipinski definition) is 10. The lowest BCUT2D eigenvalue weighted by Gasteiger charge is -2.28. The summed E-state index contributed by atoms with van der Waals surface area (Å²) in [4.78, 5) is 26.8. The van der Waals surface area contributed by atoms with Crippen LogP contribution in [-0.2, 0) is 23.4 Å². The highest BCUT2D eigenvalue weighted by Gasteiger charge is 2.53. The van der Waals surface area contributed by atoms with Crippen LogP contribution in [0.3, 0.4) is 0 Å². The number of aromatic nitrogens is 2. The van der Waals surface area contributed by atoms with Crippen molar-refractivity contribution in [2.75, 3.05) is 12.8 Å². The van der Waals surface area contributed by atoms with E-state index in [0.29, 0.717) is 0 Å². The topological polar surface area (TPSA) is 149 Å². The summed E-state index contributed by atoms with van der Waals surface area (Å²) in [5.74, 6) is -0.979. The first-order chi connectivity index (χ1) is 18.5. The fraction of sp³-hybridized carbons (Fsp3) is 0.577. The van der Waals surface area contributed by atoms with E-state index < -0.39 is 55.7 Å². The summed E-state index contributed by atoms with van der Waals surface area (Å²) in [5, 5.41) is 21.9. The summed E-state index contributed by atoms with van der Waals surface area (Å²) in [6.45, 7) is 2.55. The van der Waals surface area contributed by atoms with Gasteiger partial charge in [-0.3, -0.25) is 23.7 Å². The van der Waals surface area contributed by atoms with Gasteiger partial charge in [-0.2, -0.15) is 0 Å². The Morgan fingerprint density at radius 3 is 2.62 bits per heavy atom. The second kappa shape index (κ2) is 12.4. The maximum Gasteiger partial charge on any atom is 0.380 e. The number of H-pyrrole nitrogens is 1. The van der Waals surface area contributed by atoms with Crippen LogP contribution >= 0.6 is 19.8 Å². The molecule has 2 heterocycles. The third kappa shape index (κ3) is 7.25.